The summed E-state index contributed by atoms with van der Waals surface area (Å²) in [5.74, 6) is -0.533. The largest absolute Gasteiger partial charge is 0.493 e. The van der Waals surface area contributed by atoms with Crippen LogP contribution in [-0.4, -0.2) is 94.0 Å². The number of benzene rings is 3. The fourth-order valence-corrected chi connectivity index (χ4v) is 6.76. The van der Waals surface area contributed by atoms with E-state index in [0.717, 1.165) is 61.6 Å². The van der Waals surface area contributed by atoms with Gasteiger partial charge in [0.15, 0.2) is 0 Å². The van der Waals surface area contributed by atoms with Gasteiger partial charge in [0, 0.05) is 61.6 Å². The SMILES string of the molecule is CN(C)CCn1ncn(-c2ccc(N3CCN(c4ccc(OC[C@@H]5CO[C@@](Cn6cncn6)(c6ccc(F)cc6F)C5)cc4)CC3)cc2)c1=O. The molecule has 0 bridgehead atoms. The maximum atomic E-state index is 15.0. The van der Waals surface area contributed by atoms with Crippen molar-refractivity contribution < 1.29 is 18.3 Å². The summed E-state index contributed by atoms with van der Waals surface area (Å²) in [5, 5.41) is 8.45. The lowest BCUT2D eigenvalue weighted by atomic mass is 9.87. The number of hydrogen-bond donors (Lipinski definition) is 0. The Hall–Kier alpha value is -5.08. The number of halogens is 2. The molecule has 2 fully saturated rings. The molecule has 14 heteroatoms. The van der Waals surface area contributed by atoms with Gasteiger partial charge in [-0.15, -0.1) is 0 Å². The molecule has 5 aromatic rings. The van der Waals surface area contributed by atoms with Crippen LogP contribution >= 0.6 is 0 Å². The van der Waals surface area contributed by atoms with Gasteiger partial charge in [0.2, 0.25) is 0 Å². The van der Waals surface area contributed by atoms with Gasteiger partial charge < -0.3 is 24.2 Å². The van der Waals surface area contributed by atoms with E-state index < -0.39 is 17.2 Å². The second kappa shape index (κ2) is 14.4. The number of aromatic nitrogens is 6. The van der Waals surface area contributed by atoms with E-state index in [1.165, 1.54) is 23.1 Å². The summed E-state index contributed by atoms with van der Waals surface area (Å²) in [5.41, 5.74) is 2.19. The molecule has 50 heavy (non-hydrogen) atoms. The van der Waals surface area contributed by atoms with Crippen LogP contribution in [0.3, 0.4) is 0 Å². The van der Waals surface area contributed by atoms with E-state index in [1.807, 2.05) is 43.3 Å². The van der Waals surface area contributed by atoms with E-state index in [4.69, 9.17) is 9.47 Å². The summed E-state index contributed by atoms with van der Waals surface area (Å²) < 4.78 is 45.8. The lowest BCUT2D eigenvalue weighted by Crippen LogP contribution is -2.46. The standard InChI is InChI=1S/C36H41F2N9O3/c1-42(2)13-18-47-35(48)46(26-41-47)31-6-4-29(5-7-31)43-14-16-44(17-15-43)30-8-10-32(11-9-30)49-21-27-20-36(50-22-27,23-45-25-39-24-40-45)33-12-3-28(37)19-34(33)38/h3-12,19,24-27H,13-18,20-23H2,1-2H3/t27-,36+/m1/s1. The van der Waals surface area contributed by atoms with Gasteiger partial charge in [-0.1, -0.05) is 6.07 Å². The minimum absolute atomic E-state index is 0.00320. The molecule has 0 N–H and O–H groups in total. The molecular formula is C36H41F2N9O3. The Morgan fingerprint density at radius 2 is 1.58 bits per heavy atom. The Bertz CT molecular complexity index is 1920. The molecule has 262 valence electrons. The van der Waals surface area contributed by atoms with E-state index in [9.17, 15) is 13.6 Å². The van der Waals surface area contributed by atoms with Crippen molar-refractivity contribution in [2.75, 3.05) is 69.8 Å². The first-order valence-electron chi connectivity index (χ1n) is 16.8. The predicted octanol–water partition coefficient (Wildman–Crippen LogP) is 3.80. The van der Waals surface area contributed by atoms with Crippen molar-refractivity contribution >= 4 is 11.4 Å². The van der Waals surface area contributed by atoms with Gasteiger partial charge in [0.1, 0.15) is 42.0 Å². The third-order valence-corrected chi connectivity index (χ3v) is 9.47. The normalized spacial score (nSPS) is 19.4. The molecule has 2 aliphatic rings. The molecule has 2 saturated heterocycles. The number of nitrogens with zero attached hydrogens (tertiary/aromatic N) is 9. The third kappa shape index (κ3) is 7.26. The van der Waals surface area contributed by atoms with Crippen molar-refractivity contribution in [1.82, 2.24) is 34.0 Å². The number of likely N-dealkylation sites (N-methyl/N-ethyl adjacent to an activating group) is 1. The molecule has 0 amide bonds. The second-order valence-electron chi connectivity index (χ2n) is 13.2. The molecule has 7 rings (SSSR count). The zero-order valence-electron chi connectivity index (χ0n) is 28.2. The fourth-order valence-electron chi connectivity index (χ4n) is 6.76. The first kappa shape index (κ1) is 33.4. The van der Waals surface area contributed by atoms with E-state index in [0.29, 0.717) is 31.7 Å². The molecule has 0 unspecified atom stereocenters. The van der Waals surface area contributed by atoms with Crippen LogP contribution in [0.1, 0.15) is 12.0 Å². The van der Waals surface area contributed by atoms with Gasteiger partial charge in [-0.25, -0.2) is 32.5 Å². The zero-order valence-corrected chi connectivity index (χ0v) is 28.2. The fraction of sp³-hybridized carbons (Fsp3) is 0.389. The molecular weight excluding hydrogens is 644 g/mol. The summed E-state index contributed by atoms with van der Waals surface area (Å²) in [6.07, 6.45) is 5.05. The summed E-state index contributed by atoms with van der Waals surface area (Å²) in [7, 11) is 3.94. The van der Waals surface area contributed by atoms with Crippen LogP contribution in [0.25, 0.3) is 5.69 Å². The van der Waals surface area contributed by atoms with Crippen LogP contribution in [0.5, 0.6) is 5.75 Å². The molecule has 0 radical (unpaired) electrons. The average Bonchev–Trinajstić information content (AvgIpc) is 3.88. The first-order chi connectivity index (χ1) is 24.3. The monoisotopic (exact) mass is 685 g/mol. The number of ether oxygens (including phenoxy) is 2. The molecule has 2 aliphatic heterocycles. The average molecular weight is 686 g/mol. The van der Waals surface area contributed by atoms with Gasteiger partial charge in [0.05, 0.1) is 32.0 Å². The van der Waals surface area contributed by atoms with Crippen LogP contribution < -0.4 is 20.2 Å². The lowest BCUT2D eigenvalue weighted by Gasteiger charge is -2.37. The quantitative estimate of drug-likeness (QED) is 0.194. The number of anilines is 2. The molecule has 0 spiro atoms. The minimum Gasteiger partial charge on any atom is -0.493 e. The van der Waals surface area contributed by atoms with Crippen molar-refractivity contribution in [2.45, 2.75) is 25.1 Å². The summed E-state index contributed by atoms with van der Waals surface area (Å²) >= 11 is 0. The van der Waals surface area contributed by atoms with Crippen molar-refractivity contribution in [2.24, 2.45) is 5.92 Å². The Labute approximate surface area is 289 Å². The topological polar surface area (TPSA) is 98.7 Å². The van der Waals surface area contributed by atoms with Gasteiger partial charge in [-0.3, -0.25) is 0 Å². The molecule has 0 aliphatic carbocycles. The molecule has 12 nitrogen and oxygen atoms in total. The summed E-state index contributed by atoms with van der Waals surface area (Å²) in [6, 6.07) is 19.7. The smallest absolute Gasteiger partial charge is 0.350 e. The molecule has 3 aromatic carbocycles. The van der Waals surface area contributed by atoms with Crippen LogP contribution in [0, 0.1) is 17.6 Å². The van der Waals surface area contributed by atoms with E-state index in [1.54, 1.807) is 21.9 Å². The second-order valence-corrected chi connectivity index (χ2v) is 13.2. The van der Waals surface area contributed by atoms with Gasteiger partial charge in [-0.05, 0) is 75.1 Å². The van der Waals surface area contributed by atoms with E-state index in [-0.39, 0.29) is 18.2 Å². The highest BCUT2D eigenvalue weighted by Gasteiger charge is 2.44. The molecule has 4 heterocycles. The highest BCUT2D eigenvalue weighted by molar-refractivity contribution is 5.54. The van der Waals surface area contributed by atoms with Crippen molar-refractivity contribution in [3.63, 3.8) is 0 Å². The van der Waals surface area contributed by atoms with Crippen LogP contribution in [0.15, 0.2) is 90.5 Å². The minimum atomic E-state index is -1.01. The summed E-state index contributed by atoms with van der Waals surface area (Å²) in [6.45, 7) is 5.78. The van der Waals surface area contributed by atoms with E-state index in [2.05, 4.69) is 49.2 Å². The van der Waals surface area contributed by atoms with E-state index >= 15 is 0 Å². The van der Waals surface area contributed by atoms with Gasteiger partial charge in [-0.2, -0.15) is 10.2 Å². The van der Waals surface area contributed by atoms with Crippen LogP contribution in [0.2, 0.25) is 0 Å². The number of piperazine rings is 1. The highest BCUT2D eigenvalue weighted by atomic mass is 19.1. The first-order valence-corrected chi connectivity index (χ1v) is 16.8. The molecule has 2 aromatic heterocycles. The molecule has 0 saturated carbocycles. The Morgan fingerprint density at radius 3 is 2.22 bits per heavy atom. The number of rotatable bonds is 12. The maximum absolute atomic E-state index is 15.0. The predicted molar refractivity (Wildman–Crippen MR) is 185 cm³/mol. The van der Waals surface area contributed by atoms with Crippen molar-refractivity contribution in [1.29, 1.82) is 0 Å². The summed E-state index contributed by atoms with van der Waals surface area (Å²) in [4.78, 5) is 23.5. The third-order valence-electron chi connectivity index (χ3n) is 9.47. The maximum Gasteiger partial charge on any atom is 0.350 e. The van der Waals surface area contributed by atoms with Crippen LogP contribution in [0.4, 0.5) is 20.2 Å². The Balaban J connectivity index is 0.915. The van der Waals surface area contributed by atoms with Crippen molar-refractivity contribution in [3.05, 3.63) is 113 Å². The van der Waals surface area contributed by atoms with Gasteiger partial charge in [0.25, 0.3) is 0 Å². The molecule has 2 atom stereocenters. The Morgan fingerprint density at radius 1 is 0.900 bits per heavy atom. The van der Waals surface area contributed by atoms with Gasteiger partial charge >= 0.3 is 5.69 Å². The lowest BCUT2D eigenvalue weighted by molar-refractivity contribution is -0.0206. The number of hydrogen-bond acceptors (Lipinski definition) is 9. The Kier molecular flexibility index (Phi) is 9.63. The van der Waals surface area contributed by atoms with Crippen LogP contribution in [-0.2, 0) is 23.4 Å². The highest BCUT2D eigenvalue weighted by Crippen LogP contribution is 2.42. The zero-order chi connectivity index (χ0) is 34.7. The van der Waals surface area contributed by atoms with Crippen molar-refractivity contribution in [3.8, 4) is 11.4 Å².